The van der Waals surface area contributed by atoms with E-state index in [9.17, 15) is 9.59 Å². The second kappa shape index (κ2) is 10.6. The van der Waals surface area contributed by atoms with E-state index in [4.69, 9.17) is 9.47 Å². The van der Waals surface area contributed by atoms with E-state index in [1.165, 1.54) is 0 Å². The summed E-state index contributed by atoms with van der Waals surface area (Å²) < 4.78 is 10.7. The van der Waals surface area contributed by atoms with Crippen LogP contribution in [-0.2, 0) is 14.9 Å². The lowest BCUT2D eigenvalue weighted by Gasteiger charge is -2.22. The van der Waals surface area contributed by atoms with Crippen LogP contribution in [0.3, 0.4) is 0 Å². The van der Waals surface area contributed by atoms with Crippen molar-refractivity contribution < 1.29 is 19.1 Å². The largest absolute Gasteiger partial charge is 0.483 e. The second-order valence-corrected chi connectivity index (χ2v) is 7.77. The molecule has 6 heteroatoms. The summed E-state index contributed by atoms with van der Waals surface area (Å²) >= 11 is 0. The van der Waals surface area contributed by atoms with Crippen LogP contribution in [-0.4, -0.2) is 38.7 Å². The number of carbonyl (C=O) groups excluding carboxylic acids is 2. The molecule has 0 heterocycles. The van der Waals surface area contributed by atoms with E-state index in [1.807, 2.05) is 24.3 Å². The molecular formula is C23H30N2O4. The number of hydrogen-bond acceptors (Lipinski definition) is 4. The van der Waals surface area contributed by atoms with Crippen LogP contribution in [0.2, 0.25) is 0 Å². The van der Waals surface area contributed by atoms with E-state index >= 15 is 0 Å². The minimum Gasteiger partial charge on any atom is -0.483 e. The Balaban J connectivity index is 1.92. The molecule has 2 aromatic rings. The molecule has 2 rings (SSSR count). The topological polar surface area (TPSA) is 76.7 Å². The zero-order valence-electron chi connectivity index (χ0n) is 17.6. The Bertz CT molecular complexity index is 828. The summed E-state index contributed by atoms with van der Waals surface area (Å²) in [5.41, 5.74) is 1.99. The molecule has 0 atom stereocenters. The Kier molecular flexibility index (Phi) is 8.21. The molecule has 0 fully saturated rings. The van der Waals surface area contributed by atoms with Gasteiger partial charge in [0.1, 0.15) is 5.75 Å². The van der Waals surface area contributed by atoms with Crippen LogP contribution in [0.1, 0.15) is 43.1 Å². The molecule has 0 aliphatic carbocycles. The standard InChI is InChI=1S/C23H30N2O4/c1-23(2,3)19-11-5-6-12-20(19)29-16-21(26)25-18-10-7-9-17(15-18)22(27)24-13-8-14-28-4/h5-7,9-12,15H,8,13-14,16H2,1-4H3,(H,24,27)(H,25,26). The van der Waals surface area contributed by atoms with Crippen LogP contribution in [0, 0.1) is 0 Å². The lowest BCUT2D eigenvalue weighted by molar-refractivity contribution is -0.118. The SMILES string of the molecule is COCCCNC(=O)c1cccc(NC(=O)COc2ccccc2C(C)(C)C)c1. The fourth-order valence-corrected chi connectivity index (χ4v) is 2.81. The number of carbonyl (C=O) groups is 2. The van der Waals surface area contributed by atoms with Crippen molar-refractivity contribution in [1.29, 1.82) is 0 Å². The Morgan fingerprint density at radius 1 is 1.03 bits per heavy atom. The van der Waals surface area contributed by atoms with Gasteiger partial charge in [0, 0.05) is 31.5 Å². The highest BCUT2D eigenvalue weighted by Gasteiger charge is 2.19. The van der Waals surface area contributed by atoms with Crippen molar-refractivity contribution in [1.82, 2.24) is 5.32 Å². The van der Waals surface area contributed by atoms with E-state index < -0.39 is 0 Å². The second-order valence-electron chi connectivity index (χ2n) is 7.77. The first kappa shape index (κ1) is 22.4. The number of nitrogens with one attached hydrogen (secondary N) is 2. The van der Waals surface area contributed by atoms with Crippen LogP contribution in [0.25, 0.3) is 0 Å². The van der Waals surface area contributed by atoms with Crippen LogP contribution < -0.4 is 15.4 Å². The minimum absolute atomic E-state index is 0.0853. The molecule has 2 aromatic carbocycles. The van der Waals surface area contributed by atoms with Gasteiger partial charge in [-0.25, -0.2) is 0 Å². The average Bonchev–Trinajstić information content (AvgIpc) is 2.69. The first-order valence-corrected chi connectivity index (χ1v) is 9.70. The third kappa shape index (κ3) is 7.23. The molecule has 0 aliphatic rings. The number of rotatable bonds is 9. The number of hydrogen-bond donors (Lipinski definition) is 2. The van der Waals surface area contributed by atoms with Crippen molar-refractivity contribution in [3.8, 4) is 5.75 Å². The molecule has 0 saturated carbocycles. The third-order valence-corrected chi connectivity index (χ3v) is 4.27. The van der Waals surface area contributed by atoms with Crippen LogP contribution in [0.4, 0.5) is 5.69 Å². The molecule has 0 aliphatic heterocycles. The zero-order chi connectivity index (χ0) is 21.3. The van der Waals surface area contributed by atoms with Gasteiger partial charge < -0.3 is 20.1 Å². The average molecular weight is 399 g/mol. The van der Waals surface area contributed by atoms with E-state index in [-0.39, 0.29) is 23.8 Å². The maximum atomic E-state index is 12.3. The Morgan fingerprint density at radius 3 is 2.52 bits per heavy atom. The maximum Gasteiger partial charge on any atom is 0.262 e. The van der Waals surface area contributed by atoms with Gasteiger partial charge in [-0.1, -0.05) is 45.0 Å². The summed E-state index contributed by atoms with van der Waals surface area (Å²) in [6.07, 6.45) is 0.742. The van der Waals surface area contributed by atoms with Crippen LogP contribution in [0.15, 0.2) is 48.5 Å². The van der Waals surface area contributed by atoms with Gasteiger partial charge in [-0.15, -0.1) is 0 Å². The summed E-state index contributed by atoms with van der Waals surface area (Å²) in [7, 11) is 1.62. The van der Waals surface area contributed by atoms with Gasteiger partial charge >= 0.3 is 0 Å². The molecule has 2 N–H and O–H groups in total. The van der Waals surface area contributed by atoms with Gasteiger partial charge in [0.25, 0.3) is 11.8 Å². The molecule has 0 bridgehead atoms. The van der Waals surface area contributed by atoms with Crippen molar-refractivity contribution in [2.75, 3.05) is 32.2 Å². The smallest absolute Gasteiger partial charge is 0.262 e. The predicted octanol–water partition coefficient (Wildman–Crippen LogP) is 3.77. The molecular weight excluding hydrogens is 368 g/mol. The Hall–Kier alpha value is -2.86. The third-order valence-electron chi connectivity index (χ3n) is 4.27. The van der Waals surface area contributed by atoms with Gasteiger partial charge in [0.15, 0.2) is 6.61 Å². The van der Waals surface area contributed by atoms with Crippen molar-refractivity contribution >= 4 is 17.5 Å². The van der Waals surface area contributed by atoms with Gasteiger partial charge in [0.2, 0.25) is 0 Å². The summed E-state index contributed by atoms with van der Waals surface area (Å²) in [4.78, 5) is 24.5. The number of benzene rings is 2. The van der Waals surface area contributed by atoms with E-state index in [0.29, 0.717) is 30.2 Å². The Labute approximate surface area is 172 Å². The van der Waals surface area contributed by atoms with E-state index in [1.54, 1.807) is 31.4 Å². The first-order valence-electron chi connectivity index (χ1n) is 9.70. The molecule has 0 saturated heterocycles. The summed E-state index contributed by atoms with van der Waals surface area (Å²) in [6.45, 7) is 7.31. The molecule has 2 amide bonds. The molecule has 0 spiro atoms. The lowest BCUT2D eigenvalue weighted by atomic mass is 9.86. The highest BCUT2D eigenvalue weighted by molar-refractivity contribution is 5.97. The fourth-order valence-electron chi connectivity index (χ4n) is 2.81. The molecule has 0 aromatic heterocycles. The van der Waals surface area contributed by atoms with Gasteiger partial charge in [-0.05, 0) is 41.7 Å². The van der Waals surface area contributed by atoms with Gasteiger partial charge in [0.05, 0.1) is 0 Å². The van der Waals surface area contributed by atoms with Crippen molar-refractivity contribution in [3.05, 3.63) is 59.7 Å². The van der Waals surface area contributed by atoms with Crippen LogP contribution >= 0.6 is 0 Å². The predicted molar refractivity (Wildman–Crippen MR) is 115 cm³/mol. The molecule has 6 nitrogen and oxygen atoms in total. The van der Waals surface area contributed by atoms with Crippen LogP contribution in [0.5, 0.6) is 5.75 Å². The molecule has 0 radical (unpaired) electrons. The fraction of sp³-hybridized carbons (Fsp3) is 0.391. The van der Waals surface area contributed by atoms with Crippen molar-refractivity contribution in [2.24, 2.45) is 0 Å². The minimum atomic E-state index is -0.286. The zero-order valence-corrected chi connectivity index (χ0v) is 17.6. The summed E-state index contributed by atoms with van der Waals surface area (Å²) in [5, 5.41) is 5.60. The summed E-state index contributed by atoms with van der Waals surface area (Å²) in [6, 6.07) is 14.5. The first-order chi connectivity index (χ1) is 13.8. The number of ether oxygens (including phenoxy) is 2. The molecule has 156 valence electrons. The summed E-state index contributed by atoms with van der Waals surface area (Å²) in [5.74, 6) is 0.221. The van der Waals surface area contributed by atoms with Gasteiger partial charge in [-0.2, -0.15) is 0 Å². The monoisotopic (exact) mass is 398 g/mol. The van der Waals surface area contributed by atoms with Crippen molar-refractivity contribution in [2.45, 2.75) is 32.6 Å². The number of para-hydroxylation sites is 1. The highest BCUT2D eigenvalue weighted by Crippen LogP contribution is 2.30. The number of anilines is 1. The normalized spacial score (nSPS) is 11.0. The lowest BCUT2D eigenvalue weighted by Crippen LogP contribution is -2.25. The van der Waals surface area contributed by atoms with E-state index in [2.05, 4.69) is 31.4 Å². The van der Waals surface area contributed by atoms with Crippen molar-refractivity contribution in [3.63, 3.8) is 0 Å². The maximum absolute atomic E-state index is 12.3. The number of methoxy groups -OCH3 is 1. The highest BCUT2D eigenvalue weighted by atomic mass is 16.5. The quantitative estimate of drug-likeness (QED) is 0.631. The van der Waals surface area contributed by atoms with E-state index in [0.717, 1.165) is 12.0 Å². The number of amides is 2. The Morgan fingerprint density at radius 2 is 1.79 bits per heavy atom. The van der Waals surface area contributed by atoms with Gasteiger partial charge in [-0.3, -0.25) is 9.59 Å². The molecule has 0 unspecified atom stereocenters. The molecule has 29 heavy (non-hydrogen) atoms.